The molecule has 0 spiro atoms. The Balaban J connectivity index is -0.0000000267. The van der Waals surface area contributed by atoms with Crippen LogP contribution < -0.4 is 0 Å². The average molecular weight is 253 g/mol. The topological polar surface area (TPSA) is 74.6 Å². The van der Waals surface area contributed by atoms with E-state index in [9.17, 15) is 0 Å². The van der Waals surface area contributed by atoms with Crippen LogP contribution in [0.3, 0.4) is 0 Å². The summed E-state index contributed by atoms with van der Waals surface area (Å²) >= 11 is 0. The van der Waals surface area contributed by atoms with Gasteiger partial charge in [-0.25, -0.2) is 0 Å². The summed E-state index contributed by atoms with van der Waals surface area (Å²) in [5, 5.41) is 0. The maximum absolute atomic E-state index is 8.74. The van der Waals surface area contributed by atoms with Gasteiger partial charge in [0, 0.05) is 34.1 Å². The Morgan fingerprint density at radius 2 is 1.12 bits per heavy atom. The molecule has 58 valence electrons. The van der Waals surface area contributed by atoms with E-state index in [0.717, 1.165) is 0 Å². The van der Waals surface area contributed by atoms with Crippen molar-refractivity contribution in [3.8, 4) is 0 Å². The normalized spacial score (nSPS) is 7.25. The molecule has 0 aliphatic heterocycles. The molecule has 0 bridgehead atoms. The van der Waals surface area contributed by atoms with E-state index in [1.165, 1.54) is 0 Å². The van der Waals surface area contributed by atoms with Crippen molar-refractivity contribution in [3.63, 3.8) is 0 Å². The zero-order valence-electron chi connectivity index (χ0n) is 3.21. The van der Waals surface area contributed by atoms with Gasteiger partial charge in [0.25, 0.3) is 0 Å². The van der Waals surface area contributed by atoms with Gasteiger partial charge in [-0.05, 0) is 0 Å². The van der Waals surface area contributed by atoms with Crippen LogP contribution in [0.15, 0.2) is 0 Å². The van der Waals surface area contributed by atoms with Crippen LogP contribution in [0.25, 0.3) is 0 Å². The Bertz CT molecular complexity index is 99.2. The van der Waals surface area contributed by atoms with Crippen molar-refractivity contribution in [1.82, 2.24) is 0 Å². The molecule has 0 amide bonds. The van der Waals surface area contributed by atoms with E-state index >= 15 is 0 Å². The van der Waals surface area contributed by atoms with E-state index in [-0.39, 0.29) is 46.5 Å². The van der Waals surface area contributed by atoms with Gasteiger partial charge in [-0.15, -0.1) is 12.4 Å². The van der Waals surface area contributed by atoms with Crippen LogP contribution in [-0.4, -0.2) is 17.5 Å². The fraction of sp³-hybridized carbons (Fsp3) is 0. The monoisotopic (exact) mass is 252 g/mol. The molecule has 0 aliphatic carbocycles. The van der Waals surface area contributed by atoms with Crippen LogP contribution in [0.4, 0.5) is 0 Å². The second kappa shape index (κ2) is 8.20. The molecule has 0 heterocycles. The van der Waals surface area contributed by atoms with E-state index < -0.39 is 10.4 Å². The maximum Gasteiger partial charge on any atom is 0.394 e. The second-order valence-electron chi connectivity index (χ2n) is 0.448. The number of rotatable bonds is 0. The summed E-state index contributed by atoms with van der Waals surface area (Å²) in [6.07, 6.45) is 0. The summed E-state index contributed by atoms with van der Waals surface area (Å²) in [6, 6.07) is 0. The zero-order valence-corrected chi connectivity index (χ0v) is 6.96. The van der Waals surface area contributed by atoms with Crippen molar-refractivity contribution in [2.75, 3.05) is 0 Å². The standard InChI is InChI=1S/ClH.Cu.Mn.H2O4S/c;;;1-5(2,3)4/h1H;;;(H2,1,2,3,4). The molecule has 0 aromatic rings. The van der Waals surface area contributed by atoms with Gasteiger partial charge in [0.15, 0.2) is 0 Å². The van der Waals surface area contributed by atoms with Gasteiger partial charge < -0.3 is 0 Å². The minimum absolute atomic E-state index is 0. The molecule has 0 atom stereocenters. The third kappa shape index (κ3) is 192. The molecular weight excluding hydrogens is 250 g/mol. The summed E-state index contributed by atoms with van der Waals surface area (Å²) in [4.78, 5) is 0. The van der Waals surface area contributed by atoms with Crippen molar-refractivity contribution < 1.29 is 51.7 Å². The van der Waals surface area contributed by atoms with Crippen molar-refractivity contribution in [3.05, 3.63) is 0 Å². The average Bonchev–Trinajstić information content (AvgIpc) is 0.722. The van der Waals surface area contributed by atoms with Gasteiger partial charge in [-0.3, -0.25) is 9.11 Å². The van der Waals surface area contributed by atoms with E-state index in [4.69, 9.17) is 17.5 Å². The molecular formula is H3ClCuMnO4S. The first-order valence-corrected chi connectivity index (χ1v) is 2.10. The Labute approximate surface area is 74.4 Å². The molecule has 0 aromatic carbocycles. The fourth-order valence-corrected chi connectivity index (χ4v) is 0. The van der Waals surface area contributed by atoms with Gasteiger partial charge >= 0.3 is 10.4 Å². The zero-order chi connectivity index (χ0) is 4.50. The van der Waals surface area contributed by atoms with Gasteiger partial charge in [-0.2, -0.15) is 8.42 Å². The van der Waals surface area contributed by atoms with Gasteiger partial charge in [0.1, 0.15) is 0 Å². The summed E-state index contributed by atoms with van der Waals surface area (Å²) in [7, 11) is -4.67. The van der Waals surface area contributed by atoms with Crippen molar-refractivity contribution in [1.29, 1.82) is 0 Å². The Kier molecular flexibility index (Phi) is 23.4. The summed E-state index contributed by atoms with van der Waals surface area (Å²) in [6.45, 7) is 0. The molecule has 0 saturated heterocycles. The molecule has 0 aromatic heterocycles. The molecule has 0 aliphatic rings. The molecule has 0 rings (SSSR count). The number of hydrogen-bond donors (Lipinski definition) is 2. The summed E-state index contributed by atoms with van der Waals surface area (Å²) in [5.41, 5.74) is 0. The van der Waals surface area contributed by atoms with E-state index in [2.05, 4.69) is 0 Å². The first-order valence-electron chi connectivity index (χ1n) is 0.698. The van der Waals surface area contributed by atoms with Crippen LogP contribution in [0.1, 0.15) is 0 Å². The van der Waals surface area contributed by atoms with Crippen LogP contribution in [0.2, 0.25) is 0 Å². The molecule has 0 unspecified atom stereocenters. The fourth-order valence-electron chi connectivity index (χ4n) is 0. The molecule has 0 saturated carbocycles. The van der Waals surface area contributed by atoms with E-state index in [0.29, 0.717) is 0 Å². The minimum atomic E-state index is -4.67. The minimum Gasteiger partial charge on any atom is -0.264 e. The van der Waals surface area contributed by atoms with Gasteiger partial charge in [0.05, 0.1) is 0 Å². The van der Waals surface area contributed by atoms with Crippen molar-refractivity contribution >= 4 is 22.8 Å². The van der Waals surface area contributed by atoms with E-state index in [1.54, 1.807) is 0 Å². The predicted molar refractivity (Wildman–Crippen MR) is 21.4 cm³/mol. The first kappa shape index (κ1) is 22.9. The Hall–Kier alpha value is 1.20. The van der Waals surface area contributed by atoms with E-state index in [1.807, 2.05) is 0 Å². The van der Waals surface area contributed by atoms with Crippen LogP contribution in [-0.2, 0) is 44.5 Å². The molecule has 8 heteroatoms. The SMILES string of the molecule is Cl.O=S(=O)(O)O.[Cu].[Mn]. The third-order valence-corrected chi connectivity index (χ3v) is 0. The Morgan fingerprint density at radius 3 is 1.12 bits per heavy atom. The molecule has 8 heavy (non-hydrogen) atoms. The Morgan fingerprint density at radius 1 is 1.12 bits per heavy atom. The van der Waals surface area contributed by atoms with Crippen LogP contribution in [0, 0.1) is 0 Å². The number of hydrogen-bond acceptors (Lipinski definition) is 2. The number of halogens is 1. The molecule has 2 N–H and O–H groups in total. The third-order valence-electron chi connectivity index (χ3n) is 0. The predicted octanol–water partition coefficient (Wildman–Crippen LogP) is -0.236. The van der Waals surface area contributed by atoms with Crippen LogP contribution >= 0.6 is 12.4 Å². The first-order chi connectivity index (χ1) is 2.00. The summed E-state index contributed by atoms with van der Waals surface area (Å²) in [5.74, 6) is 0. The van der Waals surface area contributed by atoms with Gasteiger partial charge in [0.2, 0.25) is 0 Å². The van der Waals surface area contributed by atoms with Crippen molar-refractivity contribution in [2.45, 2.75) is 0 Å². The second-order valence-corrected chi connectivity index (χ2v) is 1.34. The summed E-state index contributed by atoms with van der Waals surface area (Å²) < 4.78 is 31.6. The quantitative estimate of drug-likeness (QED) is 0.461. The van der Waals surface area contributed by atoms with Crippen molar-refractivity contribution in [2.24, 2.45) is 0 Å². The molecule has 4 nitrogen and oxygen atoms in total. The van der Waals surface area contributed by atoms with Crippen LogP contribution in [0.5, 0.6) is 0 Å². The smallest absolute Gasteiger partial charge is 0.264 e. The van der Waals surface area contributed by atoms with Gasteiger partial charge in [-0.1, -0.05) is 0 Å². The largest absolute Gasteiger partial charge is 0.394 e. The maximum atomic E-state index is 8.74. The molecule has 2 radical (unpaired) electrons. The molecule has 0 fully saturated rings.